The van der Waals surface area contributed by atoms with Gasteiger partial charge < -0.3 is 5.11 Å². The number of nitrogens with zero attached hydrogens (tertiary/aromatic N) is 2. The van der Waals surface area contributed by atoms with E-state index in [1.54, 1.807) is 0 Å². The van der Waals surface area contributed by atoms with Gasteiger partial charge in [0.15, 0.2) is 5.41 Å². The maximum atomic E-state index is 12.8. The third-order valence-electron chi connectivity index (χ3n) is 2.97. The lowest BCUT2D eigenvalue weighted by Crippen LogP contribution is -2.48. The third-order valence-corrected chi connectivity index (χ3v) is 4.86. The molecule has 0 aromatic carbocycles. The molecule has 18 heavy (non-hydrogen) atoms. The van der Waals surface area contributed by atoms with Gasteiger partial charge in [-0.25, -0.2) is 0 Å². The van der Waals surface area contributed by atoms with E-state index in [2.05, 4.69) is 0 Å². The standard InChI is InChI=1S/C8H13F3N2O4S/c1-12(2)18(16,17)13-4-3-7(5-13,6(14)15)8(9,10)11/h3-5H2,1-2H3,(H,14,15). The van der Waals surface area contributed by atoms with Gasteiger partial charge in [0.05, 0.1) is 0 Å². The Labute approximate surface area is 102 Å². The van der Waals surface area contributed by atoms with Crippen molar-refractivity contribution >= 4 is 16.2 Å². The van der Waals surface area contributed by atoms with Crippen molar-refractivity contribution in [2.45, 2.75) is 12.6 Å². The Morgan fingerprint density at radius 1 is 1.39 bits per heavy atom. The van der Waals surface area contributed by atoms with Crippen LogP contribution in [0.1, 0.15) is 6.42 Å². The number of alkyl halides is 3. The van der Waals surface area contributed by atoms with E-state index in [4.69, 9.17) is 5.11 Å². The Kier molecular flexibility index (Phi) is 3.67. The molecule has 1 heterocycles. The van der Waals surface area contributed by atoms with Crippen molar-refractivity contribution in [3.05, 3.63) is 0 Å². The summed E-state index contributed by atoms with van der Waals surface area (Å²) in [7, 11) is -1.70. The third kappa shape index (κ3) is 2.19. The number of aliphatic carboxylic acids is 1. The van der Waals surface area contributed by atoms with Gasteiger partial charge in [-0.1, -0.05) is 0 Å². The second-order valence-corrected chi connectivity index (χ2v) is 6.40. The quantitative estimate of drug-likeness (QED) is 0.801. The number of halogens is 3. The summed E-state index contributed by atoms with van der Waals surface area (Å²) < 4.78 is 63.1. The van der Waals surface area contributed by atoms with E-state index in [1.165, 1.54) is 14.1 Å². The van der Waals surface area contributed by atoms with Gasteiger partial charge in [0.1, 0.15) is 0 Å². The lowest BCUT2D eigenvalue weighted by molar-refractivity contribution is -0.226. The second-order valence-electron chi connectivity index (χ2n) is 4.26. The van der Waals surface area contributed by atoms with Gasteiger partial charge in [0, 0.05) is 27.2 Å². The van der Waals surface area contributed by atoms with Gasteiger partial charge in [-0.05, 0) is 6.42 Å². The van der Waals surface area contributed by atoms with E-state index >= 15 is 0 Å². The molecule has 0 bridgehead atoms. The molecule has 1 unspecified atom stereocenters. The van der Waals surface area contributed by atoms with E-state index < -0.39 is 47.3 Å². The number of carboxylic acids is 1. The highest BCUT2D eigenvalue weighted by Gasteiger charge is 2.65. The molecule has 1 atom stereocenters. The van der Waals surface area contributed by atoms with Gasteiger partial charge in [-0.15, -0.1) is 0 Å². The van der Waals surface area contributed by atoms with Crippen LogP contribution < -0.4 is 0 Å². The lowest BCUT2D eigenvalue weighted by atomic mass is 9.86. The number of carboxylic acid groups (broad SMARTS) is 1. The Balaban J connectivity index is 3.11. The number of carbonyl (C=O) groups is 1. The summed E-state index contributed by atoms with van der Waals surface area (Å²) in [4.78, 5) is 10.9. The van der Waals surface area contributed by atoms with Crippen molar-refractivity contribution < 1.29 is 31.5 Å². The Bertz CT molecular complexity index is 448. The molecule has 0 saturated carbocycles. The minimum absolute atomic E-state index is 0.466. The van der Waals surface area contributed by atoms with Crippen molar-refractivity contribution in [2.24, 2.45) is 5.41 Å². The highest BCUT2D eigenvalue weighted by Crippen LogP contribution is 2.46. The maximum Gasteiger partial charge on any atom is 0.406 e. The fraction of sp³-hybridized carbons (Fsp3) is 0.875. The summed E-state index contributed by atoms with van der Waals surface area (Å²) >= 11 is 0. The zero-order chi connectivity index (χ0) is 14.4. The molecule has 1 aliphatic heterocycles. The summed E-state index contributed by atoms with van der Waals surface area (Å²) in [6.45, 7) is -1.56. The first-order valence-corrected chi connectivity index (χ1v) is 6.32. The molecular formula is C8H13F3N2O4S. The van der Waals surface area contributed by atoms with Gasteiger partial charge in [0.2, 0.25) is 0 Å². The summed E-state index contributed by atoms with van der Waals surface area (Å²) in [6, 6.07) is 0. The zero-order valence-electron chi connectivity index (χ0n) is 9.73. The molecule has 106 valence electrons. The SMILES string of the molecule is CN(C)S(=O)(=O)N1CCC(C(=O)O)(C(F)(F)F)C1. The van der Waals surface area contributed by atoms with Crippen LogP contribution in [0.2, 0.25) is 0 Å². The fourth-order valence-electron chi connectivity index (χ4n) is 1.73. The van der Waals surface area contributed by atoms with Crippen molar-refractivity contribution in [3.8, 4) is 0 Å². The molecule has 6 nitrogen and oxygen atoms in total. The molecule has 0 aromatic rings. The molecule has 0 aliphatic carbocycles. The predicted molar refractivity (Wildman–Crippen MR) is 54.9 cm³/mol. The van der Waals surface area contributed by atoms with Crippen LogP contribution in [0.3, 0.4) is 0 Å². The summed E-state index contributed by atoms with van der Waals surface area (Å²) in [5.74, 6) is -2.05. The molecule has 0 amide bonds. The Morgan fingerprint density at radius 3 is 2.17 bits per heavy atom. The maximum absolute atomic E-state index is 12.8. The van der Waals surface area contributed by atoms with E-state index in [9.17, 15) is 26.4 Å². The van der Waals surface area contributed by atoms with Crippen LogP contribution in [0.15, 0.2) is 0 Å². The Hall–Kier alpha value is -0.870. The minimum Gasteiger partial charge on any atom is -0.481 e. The number of hydrogen-bond donors (Lipinski definition) is 1. The molecular weight excluding hydrogens is 277 g/mol. The van der Waals surface area contributed by atoms with E-state index in [0.717, 1.165) is 4.31 Å². The minimum atomic E-state index is -4.99. The van der Waals surface area contributed by atoms with Crippen LogP contribution in [0.25, 0.3) is 0 Å². The van der Waals surface area contributed by atoms with E-state index in [1.807, 2.05) is 0 Å². The first kappa shape index (κ1) is 15.2. The average Bonchev–Trinajstić information content (AvgIpc) is 2.61. The van der Waals surface area contributed by atoms with Crippen LogP contribution >= 0.6 is 0 Å². The van der Waals surface area contributed by atoms with Crippen LogP contribution in [-0.2, 0) is 15.0 Å². The summed E-state index contributed by atoms with van der Waals surface area (Å²) in [5.41, 5.74) is -3.02. The normalized spacial score (nSPS) is 26.8. The van der Waals surface area contributed by atoms with Crippen LogP contribution in [0.4, 0.5) is 13.2 Å². The van der Waals surface area contributed by atoms with Gasteiger partial charge in [-0.2, -0.15) is 30.2 Å². The molecule has 1 aliphatic rings. The molecule has 0 spiro atoms. The van der Waals surface area contributed by atoms with E-state index in [-0.39, 0.29) is 0 Å². The molecule has 1 rings (SSSR count). The number of hydrogen-bond acceptors (Lipinski definition) is 3. The predicted octanol–water partition coefficient (Wildman–Crippen LogP) is 0.132. The van der Waals surface area contributed by atoms with Gasteiger partial charge in [-0.3, -0.25) is 4.79 Å². The summed E-state index contributed by atoms with van der Waals surface area (Å²) in [5, 5.41) is 8.77. The smallest absolute Gasteiger partial charge is 0.406 e. The van der Waals surface area contributed by atoms with Crippen molar-refractivity contribution in [3.63, 3.8) is 0 Å². The zero-order valence-corrected chi connectivity index (χ0v) is 10.5. The summed E-state index contributed by atoms with van der Waals surface area (Å²) in [6.07, 6.45) is -5.77. The fourth-order valence-corrected chi connectivity index (χ4v) is 2.90. The Morgan fingerprint density at radius 2 is 1.89 bits per heavy atom. The molecule has 10 heteroatoms. The van der Waals surface area contributed by atoms with Crippen molar-refractivity contribution in [1.82, 2.24) is 8.61 Å². The first-order valence-electron chi connectivity index (χ1n) is 4.93. The van der Waals surface area contributed by atoms with Gasteiger partial charge in [0.25, 0.3) is 10.2 Å². The van der Waals surface area contributed by atoms with Crippen LogP contribution in [0.5, 0.6) is 0 Å². The van der Waals surface area contributed by atoms with Crippen molar-refractivity contribution in [2.75, 3.05) is 27.2 Å². The highest BCUT2D eigenvalue weighted by molar-refractivity contribution is 7.86. The van der Waals surface area contributed by atoms with Crippen LogP contribution in [-0.4, -0.2) is 61.5 Å². The van der Waals surface area contributed by atoms with Gasteiger partial charge >= 0.3 is 12.1 Å². The molecule has 0 radical (unpaired) electrons. The molecule has 1 fully saturated rings. The van der Waals surface area contributed by atoms with E-state index in [0.29, 0.717) is 4.31 Å². The number of rotatable bonds is 3. The topological polar surface area (TPSA) is 77.9 Å². The van der Waals surface area contributed by atoms with Crippen molar-refractivity contribution in [1.29, 1.82) is 0 Å². The highest BCUT2D eigenvalue weighted by atomic mass is 32.2. The monoisotopic (exact) mass is 290 g/mol. The molecule has 0 aromatic heterocycles. The first-order chi connectivity index (χ1) is 7.95. The average molecular weight is 290 g/mol. The molecule has 1 saturated heterocycles. The van der Waals surface area contributed by atoms with Crippen LogP contribution in [0, 0.1) is 5.41 Å². The largest absolute Gasteiger partial charge is 0.481 e. The lowest BCUT2D eigenvalue weighted by Gasteiger charge is -2.27. The second kappa shape index (κ2) is 4.35. The molecule has 1 N–H and O–H groups in total.